The van der Waals surface area contributed by atoms with Crippen molar-refractivity contribution in [3.8, 4) is 10.4 Å². The van der Waals surface area contributed by atoms with Crippen molar-refractivity contribution in [3.63, 3.8) is 0 Å². The van der Waals surface area contributed by atoms with Gasteiger partial charge in [-0.3, -0.25) is 0 Å². The first-order valence-corrected chi connectivity index (χ1v) is 12.7. The molecule has 1 aromatic heterocycles. The van der Waals surface area contributed by atoms with E-state index in [1.807, 2.05) is 18.3 Å². The number of rotatable bonds is 7. The van der Waals surface area contributed by atoms with Gasteiger partial charge in [-0.2, -0.15) is 4.31 Å². The van der Waals surface area contributed by atoms with Gasteiger partial charge in [0.25, 0.3) is 0 Å². The lowest BCUT2D eigenvalue weighted by Crippen LogP contribution is -2.44. The molecule has 0 bridgehead atoms. The number of thiazole rings is 1. The summed E-state index contributed by atoms with van der Waals surface area (Å²) in [5.74, 6) is -0.537. The summed E-state index contributed by atoms with van der Waals surface area (Å²) in [6.07, 6.45) is 5.17. The van der Waals surface area contributed by atoms with E-state index >= 15 is 0 Å². The second-order valence-electron chi connectivity index (χ2n) is 7.78. The van der Waals surface area contributed by atoms with E-state index in [4.69, 9.17) is 0 Å². The molecule has 0 aliphatic carbocycles. The summed E-state index contributed by atoms with van der Waals surface area (Å²) in [6.45, 7) is 3.18. The monoisotopic (exact) mass is 459 g/mol. The Kier molecular flexibility index (Phi) is 6.69. The maximum absolute atomic E-state index is 13.6. The van der Waals surface area contributed by atoms with Crippen LogP contribution in [0.2, 0.25) is 0 Å². The minimum Gasteiger partial charge on any atom is -0.361 e. The SMILES string of the molecule is Cc1ccccc1-c1cnc(NCCC2CCCCN2S(=O)(=O)c2cccc(F)c2)s1. The van der Waals surface area contributed by atoms with Crippen molar-refractivity contribution in [1.29, 1.82) is 0 Å². The van der Waals surface area contributed by atoms with Crippen LogP contribution >= 0.6 is 11.3 Å². The zero-order valence-corrected chi connectivity index (χ0v) is 19.1. The molecule has 0 amide bonds. The predicted octanol–water partition coefficient (Wildman–Crippen LogP) is 5.30. The molecular formula is C23H26FN3O2S2. The minimum absolute atomic E-state index is 0.0233. The molecular weight excluding hydrogens is 433 g/mol. The molecule has 1 aliphatic heterocycles. The Morgan fingerprint density at radius 3 is 2.84 bits per heavy atom. The van der Waals surface area contributed by atoms with Crippen molar-refractivity contribution in [2.75, 3.05) is 18.4 Å². The Balaban J connectivity index is 1.41. The van der Waals surface area contributed by atoms with Crippen molar-refractivity contribution < 1.29 is 12.8 Å². The van der Waals surface area contributed by atoms with Crippen molar-refractivity contribution in [2.24, 2.45) is 0 Å². The molecule has 8 heteroatoms. The second kappa shape index (κ2) is 9.46. The molecule has 0 saturated carbocycles. The lowest BCUT2D eigenvalue weighted by Gasteiger charge is -2.34. The van der Waals surface area contributed by atoms with Crippen LogP contribution in [0.5, 0.6) is 0 Å². The van der Waals surface area contributed by atoms with Gasteiger partial charge in [-0.15, -0.1) is 0 Å². The summed E-state index contributed by atoms with van der Waals surface area (Å²) >= 11 is 1.60. The van der Waals surface area contributed by atoms with Gasteiger partial charge < -0.3 is 5.32 Å². The zero-order chi connectivity index (χ0) is 21.8. The van der Waals surface area contributed by atoms with E-state index in [1.165, 1.54) is 29.3 Å². The van der Waals surface area contributed by atoms with E-state index in [9.17, 15) is 12.8 Å². The zero-order valence-electron chi connectivity index (χ0n) is 17.4. The number of anilines is 1. The maximum Gasteiger partial charge on any atom is 0.243 e. The maximum atomic E-state index is 13.6. The highest BCUT2D eigenvalue weighted by Crippen LogP contribution is 2.32. The Labute approximate surface area is 187 Å². The molecule has 1 atom stereocenters. The molecule has 1 saturated heterocycles. The van der Waals surface area contributed by atoms with Crippen LogP contribution in [-0.4, -0.2) is 36.8 Å². The number of halogens is 1. The Morgan fingerprint density at radius 2 is 2.03 bits per heavy atom. The van der Waals surface area contributed by atoms with Gasteiger partial charge in [0, 0.05) is 25.3 Å². The molecule has 0 radical (unpaired) electrons. The number of aromatic nitrogens is 1. The average Bonchev–Trinajstić information content (AvgIpc) is 3.23. The Morgan fingerprint density at radius 1 is 1.19 bits per heavy atom. The molecule has 164 valence electrons. The molecule has 4 rings (SSSR count). The molecule has 1 aliphatic rings. The molecule has 5 nitrogen and oxygen atoms in total. The molecule has 2 heterocycles. The minimum atomic E-state index is -3.71. The van der Waals surface area contributed by atoms with Crippen LogP contribution in [0.25, 0.3) is 10.4 Å². The fourth-order valence-corrected chi connectivity index (χ4v) is 6.71. The number of hydrogen-bond donors (Lipinski definition) is 1. The van der Waals surface area contributed by atoms with E-state index < -0.39 is 15.8 Å². The number of aryl methyl sites for hydroxylation is 1. The van der Waals surface area contributed by atoms with Gasteiger partial charge in [-0.25, -0.2) is 17.8 Å². The van der Waals surface area contributed by atoms with Crippen molar-refractivity contribution >= 4 is 26.5 Å². The number of nitrogens with one attached hydrogen (secondary N) is 1. The first-order chi connectivity index (χ1) is 14.9. The van der Waals surface area contributed by atoms with Crippen molar-refractivity contribution in [1.82, 2.24) is 9.29 Å². The largest absolute Gasteiger partial charge is 0.361 e. The smallest absolute Gasteiger partial charge is 0.243 e. The summed E-state index contributed by atoms with van der Waals surface area (Å²) in [7, 11) is -3.71. The predicted molar refractivity (Wildman–Crippen MR) is 123 cm³/mol. The normalized spacial score (nSPS) is 17.5. The van der Waals surface area contributed by atoms with Gasteiger partial charge in [0.05, 0.1) is 9.77 Å². The van der Waals surface area contributed by atoms with Gasteiger partial charge in [0.1, 0.15) is 5.82 Å². The topological polar surface area (TPSA) is 62.3 Å². The number of piperidine rings is 1. The van der Waals surface area contributed by atoms with Gasteiger partial charge in [0.15, 0.2) is 5.13 Å². The number of sulfonamides is 1. The fraction of sp³-hybridized carbons (Fsp3) is 0.348. The van der Waals surface area contributed by atoms with Gasteiger partial charge in [-0.1, -0.05) is 48.1 Å². The summed E-state index contributed by atoms with van der Waals surface area (Å²) in [5, 5.41) is 4.18. The molecule has 1 fully saturated rings. The van der Waals surface area contributed by atoms with Gasteiger partial charge in [0.2, 0.25) is 10.0 Å². The fourth-order valence-electron chi connectivity index (χ4n) is 4.02. The lowest BCUT2D eigenvalue weighted by atomic mass is 10.0. The first kappa shape index (κ1) is 21.9. The molecule has 2 aromatic carbocycles. The Hall–Kier alpha value is -2.29. The van der Waals surface area contributed by atoms with Crippen molar-refractivity contribution in [2.45, 2.75) is 43.5 Å². The first-order valence-electron chi connectivity index (χ1n) is 10.5. The standard InChI is InChI=1S/C23H26FN3O2S2/c1-17-7-2-3-11-21(17)22-16-26-23(30-22)25-13-12-19-9-4-5-14-27(19)31(28,29)20-10-6-8-18(24)15-20/h2-3,6-8,10-11,15-16,19H,4-5,9,12-14H2,1H3,(H,25,26). The second-order valence-corrected chi connectivity index (χ2v) is 10.7. The van der Waals surface area contributed by atoms with E-state index in [0.717, 1.165) is 35.3 Å². The molecule has 0 spiro atoms. The quantitative estimate of drug-likeness (QED) is 0.521. The van der Waals surface area contributed by atoms with E-state index in [-0.39, 0.29) is 10.9 Å². The van der Waals surface area contributed by atoms with Crippen LogP contribution in [-0.2, 0) is 10.0 Å². The third-order valence-electron chi connectivity index (χ3n) is 5.65. The third-order valence-corrected chi connectivity index (χ3v) is 8.58. The molecule has 1 N–H and O–H groups in total. The van der Waals surface area contributed by atoms with E-state index in [0.29, 0.717) is 19.5 Å². The highest BCUT2D eigenvalue weighted by Gasteiger charge is 2.33. The highest BCUT2D eigenvalue weighted by atomic mass is 32.2. The van der Waals surface area contributed by atoms with Gasteiger partial charge in [-0.05, 0) is 55.5 Å². The summed E-state index contributed by atoms with van der Waals surface area (Å²) in [6, 6.07) is 13.4. The average molecular weight is 460 g/mol. The molecule has 1 unspecified atom stereocenters. The van der Waals surface area contributed by atoms with Gasteiger partial charge >= 0.3 is 0 Å². The highest BCUT2D eigenvalue weighted by molar-refractivity contribution is 7.89. The third kappa shape index (κ3) is 4.97. The van der Waals surface area contributed by atoms with Crippen LogP contribution in [0.15, 0.2) is 59.6 Å². The van der Waals surface area contributed by atoms with E-state index in [1.54, 1.807) is 15.6 Å². The summed E-state index contributed by atoms with van der Waals surface area (Å²) < 4.78 is 41.4. The number of nitrogens with zero attached hydrogens (tertiary/aromatic N) is 2. The lowest BCUT2D eigenvalue weighted by molar-refractivity contribution is 0.244. The summed E-state index contributed by atoms with van der Waals surface area (Å²) in [5.41, 5.74) is 2.38. The van der Waals surface area contributed by atoms with Crippen LogP contribution < -0.4 is 5.32 Å². The van der Waals surface area contributed by atoms with Crippen LogP contribution in [0.1, 0.15) is 31.2 Å². The Bertz CT molecular complexity index is 1150. The molecule has 31 heavy (non-hydrogen) atoms. The number of hydrogen-bond acceptors (Lipinski definition) is 5. The summed E-state index contributed by atoms with van der Waals surface area (Å²) in [4.78, 5) is 5.60. The molecule has 3 aromatic rings. The van der Waals surface area contributed by atoms with Crippen molar-refractivity contribution in [3.05, 3.63) is 66.1 Å². The number of benzene rings is 2. The van der Waals surface area contributed by atoms with Crippen LogP contribution in [0.4, 0.5) is 9.52 Å². The van der Waals surface area contributed by atoms with E-state index in [2.05, 4.69) is 29.4 Å². The van der Waals surface area contributed by atoms with Crippen LogP contribution in [0, 0.1) is 12.7 Å². The van der Waals surface area contributed by atoms with Crippen LogP contribution in [0.3, 0.4) is 0 Å².